The van der Waals surface area contributed by atoms with Gasteiger partial charge in [0.05, 0.1) is 6.61 Å². The van der Waals surface area contributed by atoms with Crippen molar-refractivity contribution in [2.75, 3.05) is 42.6 Å². The summed E-state index contributed by atoms with van der Waals surface area (Å²) in [7, 11) is 0. The smallest absolute Gasteiger partial charge is 0.225 e. The number of anilines is 2. The van der Waals surface area contributed by atoms with Crippen LogP contribution in [-0.2, 0) is 6.42 Å². The van der Waals surface area contributed by atoms with Crippen molar-refractivity contribution in [3.63, 3.8) is 0 Å². The fraction of sp³-hybridized carbons (Fsp3) is 0.462. The molecule has 7 nitrogen and oxygen atoms in total. The average molecular weight is 481 g/mol. The number of nitrogens with zero attached hydrogens (tertiary/aromatic N) is 6. The molecule has 3 aromatic rings. The van der Waals surface area contributed by atoms with Crippen LogP contribution in [0.4, 0.5) is 20.7 Å². The minimum atomic E-state index is -0.717. The molecule has 2 aromatic heterocycles. The maximum Gasteiger partial charge on any atom is 0.225 e. The van der Waals surface area contributed by atoms with Crippen molar-refractivity contribution in [2.45, 2.75) is 39.0 Å². The Hall–Kier alpha value is -3.36. The van der Waals surface area contributed by atoms with Crippen LogP contribution in [0, 0.1) is 17.6 Å². The predicted molar refractivity (Wildman–Crippen MR) is 131 cm³/mol. The third-order valence-corrected chi connectivity index (χ3v) is 6.82. The normalized spacial score (nSPS) is 16.7. The van der Waals surface area contributed by atoms with Gasteiger partial charge >= 0.3 is 0 Å². The third kappa shape index (κ3) is 5.33. The molecular formula is C26H30F2N6O. The first kappa shape index (κ1) is 23.4. The number of aryl methyl sites for hydroxylation is 1. The average Bonchev–Trinajstić information content (AvgIpc) is 3.44. The molecule has 0 N–H and O–H groups in total. The van der Waals surface area contributed by atoms with E-state index < -0.39 is 11.6 Å². The Kier molecular flexibility index (Phi) is 7.01. The lowest BCUT2D eigenvalue weighted by atomic mass is 9.98. The quantitative estimate of drug-likeness (QED) is 0.487. The highest BCUT2D eigenvalue weighted by Crippen LogP contribution is 2.30. The zero-order valence-corrected chi connectivity index (χ0v) is 20.0. The summed E-state index contributed by atoms with van der Waals surface area (Å²) < 4.78 is 35.2. The minimum absolute atomic E-state index is 0.214. The van der Waals surface area contributed by atoms with Crippen molar-refractivity contribution in [3.8, 4) is 16.9 Å². The summed E-state index contributed by atoms with van der Waals surface area (Å²) >= 11 is 0. The highest BCUT2D eigenvalue weighted by Gasteiger charge is 2.23. The molecule has 0 unspecified atom stereocenters. The van der Waals surface area contributed by atoms with Crippen LogP contribution in [0.1, 0.15) is 38.2 Å². The number of hydrogen-bond acceptors (Lipinski definition) is 7. The van der Waals surface area contributed by atoms with Crippen LogP contribution in [0.5, 0.6) is 5.75 Å². The van der Waals surface area contributed by atoms with E-state index in [1.54, 1.807) is 12.4 Å². The molecule has 0 amide bonds. The molecule has 0 atom stereocenters. The summed E-state index contributed by atoms with van der Waals surface area (Å²) in [5.74, 6) is -0.166. The molecule has 0 spiro atoms. The van der Waals surface area contributed by atoms with E-state index >= 15 is 0 Å². The molecule has 35 heavy (non-hydrogen) atoms. The van der Waals surface area contributed by atoms with Gasteiger partial charge in [0.1, 0.15) is 0 Å². The van der Waals surface area contributed by atoms with Crippen molar-refractivity contribution in [2.24, 2.45) is 5.92 Å². The van der Waals surface area contributed by atoms with Crippen molar-refractivity contribution < 1.29 is 13.5 Å². The van der Waals surface area contributed by atoms with Gasteiger partial charge in [-0.15, -0.1) is 0 Å². The second kappa shape index (κ2) is 10.5. The topological polar surface area (TPSA) is 67.3 Å². The van der Waals surface area contributed by atoms with E-state index in [0.717, 1.165) is 69.8 Å². The van der Waals surface area contributed by atoms with Crippen LogP contribution in [-0.4, -0.2) is 52.7 Å². The summed E-state index contributed by atoms with van der Waals surface area (Å²) in [6.07, 6.45) is 11.8. The van der Waals surface area contributed by atoms with Crippen molar-refractivity contribution in [1.82, 2.24) is 19.9 Å². The fourth-order valence-corrected chi connectivity index (χ4v) is 4.61. The molecule has 0 aliphatic carbocycles. The Morgan fingerprint density at radius 1 is 0.800 bits per heavy atom. The largest absolute Gasteiger partial charge is 0.487 e. The van der Waals surface area contributed by atoms with Crippen molar-refractivity contribution in [3.05, 3.63) is 54.1 Å². The Labute approximate surface area is 204 Å². The van der Waals surface area contributed by atoms with E-state index in [9.17, 15) is 8.78 Å². The number of ether oxygens (including phenoxy) is 1. The first-order valence-corrected chi connectivity index (χ1v) is 12.4. The lowest BCUT2D eigenvalue weighted by Gasteiger charge is -2.31. The van der Waals surface area contributed by atoms with E-state index in [1.165, 1.54) is 12.1 Å². The SMILES string of the molecule is CCc1cnc(N2CCC(COc3c(F)cc(-c4cnc(N5CCCC5)nc4)cc3F)CC2)nc1. The molecule has 9 heteroatoms. The number of piperidine rings is 1. The van der Waals surface area contributed by atoms with Crippen LogP contribution in [0.25, 0.3) is 11.1 Å². The monoisotopic (exact) mass is 480 g/mol. The Morgan fingerprint density at radius 3 is 1.91 bits per heavy atom. The molecule has 1 aromatic carbocycles. The van der Waals surface area contributed by atoms with Crippen molar-refractivity contribution >= 4 is 11.9 Å². The summed E-state index contributed by atoms with van der Waals surface area (Å²) in [5, 5.41) is 0. The number of hydrogen-bond donors (Lipinski definition) is 0. The molecule has 0 saturated carbocycles. The lowest BCUT2D eigenvalue weighted by molar-refractivity contribution is 0.207. The van der Waals surface area contributed by atoms with Gasteiger partial charge in [-0.3, -0.25) is 0 Å². The van der Waals surface area contributed by atoms with Gasteiger partial charge < -0.3 is 14.5 Å². The number of aromatic nitrogens is 4. The zero-order chi connectivity index (χ0) is 24.2. The first-order valence-electron chi connectivity index (χ1n) is 12.4. The van der Waals surface area contributed by atoms with E-state index in [4.69, 9.17) is 4.74 Å². The van der Waals surface area contributed by atoms with Crippen LogP contribution in [0.2, 0.25) is 0 Å². The lowest BCUT2D eigenvalue weighted by Crippen LogP contribution is -2.36. The highest BCUT2D eigenvalue weighted by atomic mass is 19.1. The Balaban J connectivity index is 1.17. The summed E-state index contributed by atoms with van der Waals surface area (Å²) in [6, 6.07) is 2.57. The molecule has 2 aliphatic rings. The van der Waals surface area contributed by atoms with E-state index in [2.05, 4.69) is 36.7 Å². The second-order valence-corrected chi connectivity index (χ2v) is 9.22. The van der Waals surface area contributed by atoms with Crippen LogP contribution in [0.3, 0.4) is 0 Å². The van der Waals surface area contributed by atoms with Crippen LogP contribution < -0.4 is 14.5 Å². The van der Waals surface area contributed by atoms with Gasteiger partial charge in [-0.2, -0.15) is 0 Å². The maximum absolute atomic E-state index is 14.8. The minimum Gasteiger partial charge on any atom is -0.487 e. The molecular weight excluding hydrogens is 450 g/mol. The molecule has 2 saturated heterocycles. The molecule has 2 fully saturated rings. The van der Waals surface area contributed by atoms with Crippen molar-refractivity contribution in [1.29, 1.82) is 0 Å². The predicted octanol–water partition coefficient (Wildman–Crippen LogP) is 4.67. The van der Waals surface area contributed by atoms with Crippen LogP contribution >= 0.6 is 0 Å². The van der Waals surface area contributed by atoms with Gasteiger partial charge in [-0.25, -0.2) is 28.7 Å². The molecule has 4 heterocycles. The third-order valence-electron chi connectivity index (χ3n) is 6.82. The molecule has 5 rings (SSSR count). The van der Waals surface area contributed by atoms with Gasteiger partial charge in [-0.05, 0) is 61.3 Å². The summed E-state index contributed by atoms with van der Waals surface area (Å²) in [6.45, 7) is 5.79. The standard InChI is InChI=1S/C26H30F2N6O/c1-2-18-13-29-25(30-14-18)34-9-5-19(6-10-34)17-35-24-22(27)11-20(12-23(24)28)21-15-31-26(32-16-21)33-7-3-4-8-33/h11-16,19H,2-10,17H2,1H3. The number of halogens is 2. The highest BCUT2D eigenvalue weighted by molar-refractivity contribution is 5.63. The van der Waals surface area contributed by atoms with E-state index in [0.29, 0.717) is 17.1 Å². The van der Waals surface area contributed by atoms with Gasteiger partial charge in [-0.1, -0.05) is 6.92 Å². The fourth-order valence-electron chi connectivity index (χ4n) is 4.61. The van der Waals surface area contributed by atoms with Gasteiger partial charge in [0.25, 0.3) is 0 Å². The zero-order valence-electron chi connectivity index (χ0n) is 20.0. The number of rotatable bonds is 7. The van der Waals surface area contributed by atoms with E-state index in [-0.39, 0.29) is 18.3 Å². The molecule has 184 valence electrons. The van der Waals surface area contributed by atoms with Crippen LogP contribution in [0.15, 0.2) is 36.9 Å². The molecule has 2 aliphatic heterocycles. The van der Waals surface area contributed by atoms with Gasteiger partial charge in [0.15, 0.2) is 17.4 Å². The maximum atomic E-state index is 14.8. The Morgan fingerprint density at radius 2 is 1.34 bits per heavy atom. The molecule has 0 radical (unpaired) electrons. The molecule has 0 bridgehead atoms. The second-order valence-electron chi connectivity index (χ2n) is 9.22. The summed E-state index contributed by atoms with van der Waals surface area (Å²) in [4.78, 5) is 21.9. The van der Waals surface area contributed by atoms with E-state index in [1.807, 2.05) is 12.4 Å². The Bertz CT molecular complexity index is 1100. The summed E-state index contributed by atoms with van der Waals surface area (Å²) in [5.41, 5.74) is 2.07. The first-order chi connectivity index (χ1) is 17.1. The number of benzene rings is 1. The van der Waals surface area contributed by atoms with Gasteiger partial charge in [0.2, 0.25) is 11.9 Å². The van der Waals surface area contributed by atoms with Gasteiger partial charge in [0, 0.05) is 56.5 Å².